The van der Waals surface area contributed by atoms with Crippen molar-refractivity contribution in [1.82, 2.24) is 19.2 Å². The molecule has 7 nitrogen and oxygen atoms in total. The van der Waals surface area contributed by atoms with Crippen molar-refractivity contribution in [2.24, 2.45) is 18.7 Å². The predicted molar refractivity (Wildman–Crippen MR) is 122 cm³/mol. The summed E-state index contributed by atoms with van der Waals surface area (Å²) in [5, 5.41) is 4.68. The highest BCUT2D eigenvalue weighted by molar-refractivity contribution is 7.71. The minimum Gasteiger partial charge on any atom is -0.486 e. The van der Waals surface area contributed by atoms with Crippen LogP contribution in [-0.2, 0) is 25.1 Å². The van der Waals surface area contributed by atoms with E-state index in [1.807, 2.05) is 16.3 Å². The van der Waals surface area contributed by atoms with Gasteiger partial charge in [0.25, 0.3) is 0 Å². The second-order valence-corrected chi connectivity index (χ2v) is 9.25. The highest BCUT2D eigenvalue weighted by atomic mass is 32.1. The first kappa shape index (κ1) is 22.0. The monoisotopic (exact) mass is 443 g/mol. The Morgan fingerprint density at radius 2 is 1.81 bits per heavy atom. The maximum Gasteiger partial charge on any atom is 0.220 e. The van der Waals surface area contributed by atoms with E-state index < -0.39 is 0 Å². The molecule has 2 heterocycles. The van der Waals surface area contributed by atoms with Crippen molar-refractivity contribution >= 4 is 18.1 Å². The molecule has 0 bridgehead atoms. The number of primary amides is 1. The molecular weight excluding hydrogens is 410 g/mol. The van der Waals surface area contributed by atoms with Crippen LogP contribution in [0, 0.1) is 10.7 Å². The molecule has 1 amide bonds. The molecule has 4 rings (SSSR count). The number of likely N-dealkylation sites (tertiary alicyclic amines) is 1. The largest absolute Gasteiger partial charge is 0.486 e. The third kappa shape index (κ3) is 5.36. The van der Waals surface area contributed by atoms with Crippen molar-refractivity contribution in [3.63, 3.8) is 0 Å². The van der Waals surface area contributed by atoms with Gasteiger partial charge in [-0.1, -0.05) is 31.4 Å². The second kappa shape index (κ2) is 9.96. The molecule has 0 unspecified atom stereocenters. The molecule has 1 aromatic carbocycles. The quantitative estimate of drug-likeness (QED) is 0.660. The number of piperidine rings is 1. The van der Waals surface area contributed by atoms with Gasteiger partial charge < -0.3 is 15.0 Å². The number of nitrogens with two attached hydrogens (primary N) is 1. The molecule has 2 aliphatic rings. The van der Waals surface area contributed by atoms with E-state index in [0.29, 0.717) is 24.0 Å². The molecule has 2 N–H and O–H groups in total. The van der Waals surface area contributed by atoms with E-state index in [2.05, 4.69) is 34.3 Å². The Kier molecular flexibility index (Phi) is 7.07. The third-order valence-corrected chi connectivity index (χ3v) is 7.26. The van der Waals surface area contributed by atoms with Crippen LogP contribution in [0.15, 0.2) is 24.3 Å². The van der Waals surface area contributed by atoms with Gasteiger partial charge in [0.05, 0.1) is 6.67 Å². The Hall–Kier alpha value is -2.19. The Bertz CT molecular complexity index is 938. The molecule has 1 aliphatic carbocycles. The highest BCUT2D eigenvalue weighted by Gasteiger charge is 2.24. The zero-order valence-electron chi connectivity index (χ0n) is 18.3. The first-order valence-electron chi connectivity index (χ1n) is 11.4. The molecule has 2 fully saturated rings. The number of hydrogen-bond donors (Lipinski definition) is 1. The summed E-state index contributed by atoms with van der Waals surface area (Å²) < 4.78 is 10.4. The maximum absolute atomic E-state index is 11.4. The third-order valence-electron chi connectivity index (χ3n) is 6.78. The van der Waals surface area contributed by atoms with Gasteiger partial charge in [-0.15, -0.1) is 0 Å². The normalized spacial score (nSPS) is 18.9. The molecule has 1 aliphatic heterocycles. The fourth-order valence-electron chi connectivity index (χ4n) is 4.72. The van der Waals surface area contributed by atoms with Crippen LogP contribution in [0.1, 0.15) is 62.3 Å². The molecule has 1 saturated heterocycles. The summed E-state index contributed by atoms with van der Waals surface area (Å²) in [4.78, 5) is 13.6. The van der Waals surface area contributed by atoms with Crippen LogP contribution in [0.3, 0.4) is 0 Å². The number of rotatable bonds is 7. The highest BCUT2D eigenvalue weighted by Crippen LogP contribution is 2.33. The minimum absolute atomic E-state index is 0.0126. The predicted octanol–water partition coefficient (Wildman–Crippen LogP) is 3.73. The molecular formula is C23H33N5O2S. The average Bonchev–Trinajstić information content (AvgIpc) is 3.07. The van der Waals surface area contributed by atoms with Crippen molar-refractivity contribution in [2.45, 2.75) is 64.1 Å². The van der Waals surface area contributed by atoms with Crippen LogP contribution in [-0.4, -0.2) is 38.2 Å². The van der Waals surface area contributed by atoms with Gasteiger partial charge in [0.1, 0.15) is 12.4 Å². The first-order valence-corrected chi connectivity index (χ1v) is 11.8. The summed E-state index contributed by atoms with van der Waals surface area (Å²) in [6.07, 6.45) is 8.25. The fraction of sp³-hybridized carbons (Fsp3) is 0.609. The minimum atomic E-state index is -0.194. The van der Waals surface area contributed by atoms with Gasteiger partial charge in [-0.25, -0.2) is 4.68 Å². The summed E-state index contributed by atoms with van der Waals surface area (Å²) in [5.74, 6) is 2.15. The van der Waals surface area contributed by atoms with Crippen LogP contribution in [0.5, 0.6) is 5.75 Å². The zero-order valence-corrected chi connectivity index (χ0v) is 19.1. The van der Waals surface area contributed by atoms with Crippen molar-refractivity contribution in [2.75, 3.05) is 13.1 Å². The SMILES string of the molecule is Cn1c(COc2ccc(C3CCCCC3)cc2)nn(CN2CCC(C(N)=O)CC2)c1=S. The van der Waals surface area contributed by atoms with Gasteiger partial charge in [0, 0.05) is 26.1 Å². The van der Waals surface area contributed by atoms with Gasteiger partial charge in [-0.2, -0.15) is 5.10 Å². The first-order chi connectivity index (χ1) is 15.0. The Morgan fingerprint density at radius 3 is 2.45 bits per heavy atom. The van der Waals surface area contributed by atoms with Crippen LogP contribution in [0.25, 0.3) is 0 Å². The summed E-state index contributed by atoms with van der Waals surface area (Å²) in [6.45, 7) is 2.64. The van der Waals surface area contributed by atoms with E-state index in [1.54, 1.807) is 0 Å². The number of ether oxygens (including phenoxy) is 1. The number of benzene rings is 1. The number of nitrogens with zero attached hydrogens (tertiary/aromatic N) is 4. The Labute approximate surface area is 189 Å². The smallest absolute Gasteiger partial charge is 0.220 e. The fourth-order valence-corrected chi connectivity index (χ4v) is 4.92. The van der Waals surface area contributed by atoms with Gasteiger partial charge in [0.2, 0.25) is 5.91 Å². The van der Waals surface area contributed by atoms with Gasteiger partial charge >= 0.3 is 0 Å². The summed E-state index contributed by atoms with van der Waals surface area (Å²) in [5.41, 5.74) is 6.86. The van der Waals surface area contributed by atoms with E-state index in [0.717, 1.165) is 37.5 Å². The number of carbonyl (C=O) groups is 1. The van der Waals surface area contributed by atoms with Crippen LogP contribution in [0.2, 0.25) is 0 Å². The number of aromatic nitrogens is 3. The van der Waals surface area contributed by atoms with E-state index in [1.165, 1.54) is 37.7 Å². The lowest BCUT2D eigenvalue weighted by Crippen LogP contribution is -2.39. The molecule has 1 aromatic heterocycles. The van der Waals surface area contributed by atoms with E-state index >= 15 is 0 Å². The van der Waals surface area contributed by atoms with Gasteiger partial charge in [-0.05, 0) is 61.5 Å². The summed E-state index contributed by atoms with van der Waals surface area (Å²) in [7, 11) is 1.93. The zero-order chi connectivity index (χ0) is 21.8. The molecule has 2 aromatic rings. The Morgan fingerprint density at radius 1 is 1.13 bits per heavy atom. The van der Waals surface area contributed by atoms with E-state index in [-0.39, 0.29) is 11.8 Å². The molecule has 31 heavy (non-hydrogen) atoms. The molecule has 0 radical (unpaired) electrons. The standard InChI is InChI=1S/C23H33N5O2S/c1-26-21(15-30-20-9-7-18(8-10-20)17-5-3-2-4-6-17)25-28(23(26)31)16-27-13-11-19(12-14-27)22(24)29/h7-10,17,19H,2-6,11-16H2,1H3,(H2,24,29). The van der Waals surface area contributed by atoms with Crippen LogP contribution < -0.4 is 10.5 Å². The van der Waals surface area contributed by atoms with E-state index in [9.17, 15) is 4.79 Å². The Balaban J connectivity index is 1.33. The van der Waals surface area contributed by atoms with Crippen molar-refractivity contribution < 1.29 is 9.53 Å². The summed E-state index contributed by atoms with van der Waals surface area (Å²) >= 11 is 5.57. The van der Waals surface area contributed by atoms with E-state index in [4.69, 9.17) is 22.7 Å². The molecule has 1 saturated carbocycles. The lowest BCUT2D eigenvalue weighted by molar-refractivity contribution is -0.123. The van der Waals surface area contributed by atoms with Crippen molar-refractivity contribution in [1.29, 1.82) is 0 Å². The van der Waals surface area contributed by atoms with Crippen molar-refractivity contribution in [3.05, 3.63) is 40.4 Å². The number of carbonyl (C=O) groups excluding carboxylic acids is 1. The molecule has 0 atom stereocenters. The lowest BCUT2D eigenvalue weighted by Gasteiger charge is -2.29. The maximum atomic E-state index is 11.4. The second-order valence-electron chi connectivity index (χ2n) is 8.89. The number of amides is 1. The van der Waals surface area contributed by atoms with Crippen LogP contribution >= 0.6 is 12.2 Å². The van der Waals surface area contributed by atoms with Crippen molar-refractivity contribution in [3.8, 4) is 5.75 Å². The van der Waals surface area contributed by atoms with Gasteiger partial charge in [-0.3, -0.25) is 9.69 Å². The lowest BCUT2D eigenvalue weighted by atomic mass is 9.84. The topological polar surface area (TPSA) is 78.3 Å². The molecule has 168 valence electrons. The average molecular weight is 444 g/mol. The summed E-state index contributed by atoms with van der Waals surface area (Å²) in [6, 6.07) is 8.55. The molecule has 0 spiro atoms. The van der Waals surface area contributed by atoms with Crippen LogP contribution in [0.4, 0.5) is 0 Å². The number of hydrogen-bond acceptors (Lipinski definition) is 5. The molecule has 8 heteroatoms. The van der Waals surface area contributed by atoms with Gasteiger partial charge in [0.15, 0.2) is 10.6 Å².